The Morgan fingerprint density at radius 1 is 0.381 bits per heavy atom. The van der Waals surface area contributed by atoms with E-state index in [9.17, 15) is 0 Å². The maximum atomic E-state index is 5.99. The summed E-state index contributed by atoms with van der Waals surface area (Å²) in [4.78, 5) is 13.3. The van der Waals surface area contributed by atoms with Gasteiger partial charge in [-0.25, -0.2) is 0 Å². The van der Waals surface area contributed by atoms with Gasteiger partial charge in [0.05, 0.1) is 0 Å². The fraction of sp³-hybridized carbons (Fsp3) is 0.417. The minimum absolute atomic E-state index is 0.0895. The van der Waals surface area contributed by atoms with Gasteiger partial charge in [-0.2, -0.15) is 0 Å². The first kappa shape index (κ1) is 31.0. The van der Waals surface area contributed by atoms with E-state index < -0.39 is 0 Å². The third-order valence-corrected chi connectivity index (χ3v) is 7.14. The Bertz CT molecular complexity index is 1250. The monoisotopic (exact) mass is 567 g/mol. The first-order valence-electron chi connectivity index (χ1n) is 14.6. The van der Waals surface area contributed by atoms with Crippen molar-refractivity contribution in [2.45, 2.75) is 98.4 Å². The van der Waals surface area contributed by atoms with Crippen LogP contribution in [-0.4, -0.2) is 15.0 Å². The Kier molecular flexibility index (Phi) is 9.24. The molecule has 3 aromatic carbocycles. The molecule has 0 bridgehead atoms. The van der Waals surface area contributed by atoms with Crippen molar-refractivity contribution in [3.05, 3.63) is 106 Å². The summed E-state index contributed by atoms with van der Waals surface area (Å²) in [6, 6.07) is 25.7. The van der Waals surface area contributed by atoms with Gasteiger partial charge in [0, 0.05) is 0 Å². The first-order valence-corrected chi connectivity index (χ1v) is 14.6. The van der Waals surface area contributed by atoms with E-state index in [1.54, 1.807) is 0 Å². The van der Waals surface area contributed by atoms with Crippen LogP contribution in [0.5, 0.6) is 18.0 Å². The molecule has 0 atom stereocenters. The molecule has 0 saturated heterocycles. The number of aromatic nitrogens is 3. The Hall–Kier alpha value is -3.93. The van der Waals surface area contributed by atoms with Gasteiger partial charge in [-0.15, -0.1) is 15.0 Å². The van der Waals surface area contributed by atoms with E-state index in [1.165, 1.54) is 16.7 Å². The maximum Gasteiger partial charge on any atom is 0.326 e. The van der Waals surface area contributed by atoms with Gasteiger partial charge in [-0.05, 0) is 49.6 Å². The van der Waals surface area contributed by atoms with Crippen molar-refractivity contribution in [3.63, 3.8) is 0 Å². The van der Waals surface area contributed by atoms with Crippen LogP contribution in [0.2, 0.25) is 0 Å². The number of benzene rings is 3. The molecular formula is C36H45N3O3. The topological polar surface area (TPSA) is 66.4 Å². The van der Waals surface area contributed by atoms with Gasteiger partial charge >= 0.3 is 18.0 Å². The van der Waals surface area contributed by atoms with E-state index in [2.05, 4.69) is 150 Å². The highest BCUT2D eigenvalue weighted by Gasteiger charge is 2.16. The van der Waals surface area contributed by atoms with Crippen LogP contribution in [-0.2, 0) is 36.1 Å². The zero-order valence-corrected chi connectivity index (χ0v) is 26.6. The van der Waals surface area contributed by atoms with Crippen LogP contribution in [0.25, 0.3) is 0 Å². The van der Waals surface area contributed by atoms with E-state index in [4.69, 9.17) is 14.2 Å². The Labute approximate surface area is 251 Å². The second-order valence-electron chi connectivity index (χ2n) is 13.9. The number of rotatable bonds is 9. The summed E-state index contributed by atoms with van der Waals surface area (Å²) in [7, 11) is 0. The molecule has 6 nitrogen and oxygen atoms in total. The molecule has 0 aliphatic carbocycles. The van der Waals surface area contributed by atoms with E-state index in [0.717, 1.165) is 16.7 Å². The molecule has 0 aliphatic heterocycles. The highest BCUT2D eigenvalue weighted by molar-refractivity contribution is 5.29. The summed E-state index contributed by atoms with van der Waals surface area (Å²) in [5, 5.41) is 0. The lowest BCUT2D eigenvalue weighted by Crippen LogP contribution is -2.11. The molecule has 1 aromatic heterocycles. The highest BCUT2D eigenvalue weighted by Crippen LogP contribution is 2.25. The zero-order valence-electron chi connectivity index (χ0n) is 26.6. The number of ether oxygens (including phenoxy) is 3. The van der Waals surface area contributed by atoms with E-state index in [-0.39, 0.29) is 34.3 Å². The molecule has 0 radical (unpaired) electrons. The smallest absolute Gasteiger partial charge is 0.326 e. The molecule has 0 N–H and O–H groups in total. The van der Waals surface area contributed by atoms with Gasteiger partial charge in [-0.3, -0.25) is 0 Å². The molecule has 0 amide bonds. The Balaban J connectivity index is 1.49. The van der Waals surface area contributed by atoms with Gasteiger partial charge in [0.25, 0.3) is 0 Å². The molecule has 0 fully saturated rings. The minimum atomic E-state index is 0.0895. The summed E-state index contributed by atoms with van der Waals surface area (Å²) < 4.78 is 18.0. The Morgan fingerprint density at radius 2 is 0.595 bits per heavy atom. The predicted octanol–water partition coefficient (Wildman–Crippen LogP) is 8.50. The predicted molar refractivity (Wildman–Crippen MR) is 168 cm³/mol. The Morgan fingerprint density at radius 3 is 0.786 bits per heavy atom. The van der Waals surface area contributed by atoms with Crippen LogP contribution in [0.4, 0.5) is 0 Å². The lowest BCUT2D eigenvalue weighted by Gasteiger charge is -2.19. The van der Waals surface area contributed by atoms with E-state index in [0.29, 0.717) is 19.8 Å². The number of nitrogens with zero attached hydrogens (tertiary/aromatic N) is 3. The van der Waals surface area contributed by atoms with Crippen LogP contribution in [0.3, 0.4) is 0 Å². The van der Waals surface area contributed by atoms with Gasteiger partial charge in [0.15, 0.2) is 0 Å². The quantitative estimate of drug-likeness (QED) is 0.202. The minimum Gasteiger partial charge on any atom is -0.458 e. The summed E-state index contributed by atoms with van der Waals surface area (Å²) >= 11 is 0. The fourth-order valence-corrected chi connectivity index (χ4v) is 4.26. The summed E-state index contributed by atoms with van der Waals surface area (Å²) in [6.45, 7) is 20.7. The standard InChI is InChI=1S/C36H45N3O3/c1-34(2,3)28-16-10-25(11-17-28)22-40-31-37-32(41-23-26-12-18-29(19-13-26)35(4,5)6)39-33(38-31)42-24-27-14-20-30(21-15-27)36(7,8)9/h10-21H,22-24H2,1-9H3. The molecule has 0 spiro atoms. The summed E-state index contributed by atoms with van der Waals surface area (Å²) in [6.07, 6.45) is 0. The maximum absolute atomic E-state index is 5.99. The molecule has 0 saturated carbocycles. The molecule has 4 aromatic rings. The van der Waals surface area contributed by atoms with Crippen molar-refractivity contribution >= 4 is 0 Å². The zero-order chi connectivity index (χ0) is 30.5. The molecule has 1 heterocycles. The largest absolute Gasteiger partial charge is 0.458 e. The van der Waals surface area contributed by atoms with Crippen molar-refractivity contribution in [1.29, 1.82) is 0 Å². The van der Waals surface area contributed by atoms with Gasteiger partial charge < -0.3 is 14.2 Å². The molecule has 6 heteroatoms. The second kappa shape index (κ2) is 12.5. The van der Waals surface area contributed by atoms with E-state index >= 15 is 0 Å². The molecule has 4 rings (SSSR count). The van der Waals surface area contributed by atoms with Gasteiger partial charge in [-0.1, -0.05) is 135 Å². The lowest BCUT2D eigenvalue weighted by atomic mass is 9.87. The van der Waals surface area contributed by atoms with Crippen LogP contribution in [0, 0.1) is 0 Å². The number of hydrogen-bond donors (Lipinski definition) is 0. The average Bonchev–Trinajstić information content (AvgIpc) is 2.93. The molecular weight excluding hydrogens is 522 g/mol. The summed E-state index contributed by atoms with van der Waals surface area (Å²) in [5.41, 5.74) is 7.13. The van der Waals surface area contributed by atoms with Crippen LogP contribution in [0.1, 0.15) is 95.7 Å². The molecule has 222 valence electrons. The highest BCUT2D eigenvalue weighted by atomic mass is 16.5. The van der Waals surface area contributed by atoms with Crippen molar-refractivity contribution in [2.24, 2.45) is 0 Å². The first-order chi connectivity index (χ1) is 19.7. The average molecular weight is 568 g/mol. The van der Waals surface area contributed by atoms with Gasteiger partial charge in [0.1, 0.15) is 19.8 Å². The van der Waals surface area contributed by atoms with Crippen molar-refractivity contribution < 1.29 is 14.2 Å². The summed E-state index contributed by atoms with van der Waals surface area (Å²) in [5.74, 6) is 0. The van der Waals surface area contributed by atoms with Crippen molar-refractivity contribution in [1.82, 2.24) is 15.0 Å². The molecule has 0 unspecified atom stereocenters. The van der Waals surface area contributed by atoms with Crippen molar-refractivity contribution in [2.75, 3.05) is 0 Å². The van der Waals surface area contributed by atoms with Gasteiger partial charge in [0.2, 0.25) is 0 Å². The van der Waals surface area contributed by atoms with E-state index in [1.807, 2.05) is 0 Å². The second-order valence-corrected chi connectivity index (χ2v) is 13.9. The van der Waals surface area contributed by atoms with Crippen LogP contribution < -0.4 is 14.2 Å². The normalized spacial score (nSPS) is 12.2. The SMILES string of the molecule is CC(C)(C)c1ccc(COc2nc(OCc3ccc(C(C)(C)C)cc3)nc(OCc3ccc(C(C)(C)C)cc3)n2)cc1. The fourth-order valence-electron chi connectivity index (χ4n) is 4.26. The lowest BCUT2D eigenvalue weighted by molar-refractivity contribution is 0.223. The van der Waals surface area contributed by atoms with Crippen LogP contribution >= 0.6 is 0 Å². The third kappa shape index (κ3) is 8.78. The number of hydrogen-bond acceptors (Lipinski definition) is 6. The third-order valence-electron chi connectivity index (χ3n) is 7.14. The molecule has 42 heavy (non-hydrogen) atoms. The van der Waals surface area contributed by atoms with Crippen LogP contribution in [0.15, 0.2) is 72.8 Å². The van der Waals surface area contributed by atoms with Crippen molar-refractivity contribution in [3.8, 4) is 18.0 Å². The molecule has 0 aliphatic rings.